The molecule has 1 atom stereocenters. The van der Waals surface area contributed by atoms with Crippen molar-refractivity contribution in [3.8, 4) is 0 Å². The number of nitrogens with zero attached hydrogens (tertiary/aromatic N) is 2. The number of amides is 2. The first-order valence-corrected chi connectivity index (χ1v) is 14.2. The Bertz CT molecular complexity index is 1390. The van der Waals surface area contributed by atoms with Gasteiger partial charge in [-0.15, -0.1) is 0 Å². The van der Waals surface area contributed by atoms with Crippen LogP contribution in [-0.2, 0) is 26.2 Å². The Kier molecular flexibility index (Phi) is 10.4. The lowest BCUT2D eigenvalue weighted by atomic mass is 10.1. The Morgan fingerprint density at radius 2 is 1.67 bits per heavy atom. The van der Waals surface area contributed by atoms with Gasteiger partial charge in [-0.05, 0) is 61.4 Å². The number of unbranched alkanes of at least 4 members (excludes halogenated alkanes) is 1. The van der Waals surface area contributed by atoms with E-state index >= 15 is 0 Å². The minimum atomic E-state index is -4.30. The average Bonchev–Trinajstić information content (AvgIpc) is 2.93. The van der Waals surface area contributed by atoms with Crippen LogP contribution in [0.5, 0.6) is 0 Å². The molecule has 2 amide bonds. The first-order chi connectivity index (χ1) is 18.5. The fraction of sp³-hybridized carbons (Fsp3) is 0.286. The van der Waals surface area contributed by atoms with E-state index in [9.17, 15) is 26.8 Å². The number of rotatable bonds is 12. The van der Waals surface area contributed by atoms with Gasteiger partial charge < -0.3 is 10.2 Å². The summed E-state index contributed by atoms with van der Waals surface area (Å²) in [7, 11) is -4.30. The summed E-state index contributed by atoms with van der Waals surface area (Å²) in [6.07, 6.45) is 1.61. The van der Waals surface area contributed by atoms with Gasteiger partial charge in [-0.1, -0.05) is 55.3 Å². The highest BCUT2D eigenvalue weighted by Gasteiger charge is 2.32. The Balaban J connectivity index is 2.00. The number of anilines is 1. The molecule has 0 bridgehead atoms. The normalized spacial score (nSPS) is 12.0. The van der Waals surface area contributed by atoms with E-state index in [4.69, 9.17) is 11.6 Å². The fourth-order valence-corrected chi connectivity index (χ4v) is 5.40. The van der Waals surface area contributed by atoms with Gasteiger partial charge in [-0.2, -0.15) is 0 Å². The molecule has 11 heteroatoms. The lowest BCUT2D eigenvalue weighted by Gasteiger charge is -2.32. The molecule has 1 N–H and O–H groups in total. The zero-order valence-electron chi connectivity index (χ0n) is 21.6. The van der Waals surface area contributed by atoms with Crippen molar-refractivity contribution in [3.63, 3.8) is 0 Å². The molecule has 0 spiro atoms. The summed E-state index contributed by atoms with van der Waals surface area (Å²) in [5, 5.41) is 2.47. The van der Waals surface area contributed by atoms with Gasteiger partial charge in [0, 0.05) is 13.1 Å². The Hall–Kier alpha value is -3.50. The molecule has 39 heavy (non-hydrogen) atoms. The van der Waals surface area contributed by atoms with Gasteiger partial charge in [-0.3, -0.25) is 13.9 Å². The van der Waals surface area contributed by atoms with Crippen molar-refractivity contribution in [2.75, 3.05) is 17.4 Å². The van der Waals surface area contributed by atoms with Gasteiger partial charge in [0.25, 0.3) is 10.0 Å². The van der Waals surface area contributed by atoms with Crippen LogP contribution in [0.2, 0.25) is 5.02 Å². The molecule has 0 fully saturated rings. The van der Waals surface area contributed by atoms with Crippen LogP contribution in [0.25, 0.3) is 0 Å². The number of hydrogen-bond donors (Lipinski definition) is 1. The molecule has 0 aliphatic rings. The van der Waals surface area contributed by atoms with Crippen LogP contribution in [0.15, 0.2) is 77.7 Å². The largest absolute Gasteiger partial charge is 0.354 e. The van der Waals surface area contributed by atoms with Gasteiger partial charge in [0.1, 0.15) is 24.2 Å². The highest BCUT2D eigenvalue weighted by molar-refractivity contribution is 7.92. The van der Waals surface area contributed by atoms with Crippen LogP contribution >= 0.6 is 11.6 Å². The van der Waals surface area contributed by atoms with E-state index in [0.29, 0.717) is 12.1 Å². The maximum Gasteiger partial charge on any atom is 0.264 e. The molecule has 7 nitrogen and oxygen atoms in total. The molecular weight excluding hydrogens is 548 g/mol. The molecule has 0 aromatic heterocycles. The van der Waals surface area contributed by atoms with Gasteiger partial charge in [0.2, 0.25) is 11.8 Å². The maximum atomic E-state index is 13.9. The number of carbonyl (C=O) groups is 2. The summed E-state index contributed by atoms with van der Waals surface area (Å²) in [4.78, 5) is 27.8. The van der Waals surface area contributed by atoms with Gasteiger partial charge >= 0.3 is 0 Å². The molecular formula is C28H30ClF2N3O4S. The van der Waals surface area contributed by atoms with Gasteiger partial charge in [-0.25, -0.2) is 17.2 Å². The van der Waals surface area contributed by atoms with Gasteiger partial charge in [0.05, 0.1) is 15.6 Å². The fourth-order valence-electron chi connectivity index (χ4n) is 3.79. The highest BCUT2D eigenvalue weighted by Crippen LogP contribution is 2.28. The smallest absolute Gasteiger partial charge is 0.264 e. The molecule has 0 unspecified atom stereocenters. The Labute approximate surface area is 232 Å². The summed E-state index contributed by atoms with van der Waals surface area (Å²) in [6, 6.07) is 15.3. The van der Waals surface area contributed by atoms with E-state index in [-0.39, 0.29) is 22.2 Å². The third-order valence-corrected chi connectivity index (χ3v) is 8.14. The van der Waals surface area contributed by atoms with Crippen molar-refractivity contribution in [2.45, 2.75) is 44.2 Å². The third-order valence-electron chi connectivity index (χ3n) is 6.06. The molecule has 3 rings (SSSR count). The molecule has 0 radical (unpaired) electrons. The SMILES string of the molecule is CCCCNC(=O)[C@H](C)N(Cc1ccc(F)cc1)C(=O)CN(c1ccc(F)c(Cl)c1)S(=O)(=O)c1ccccc1. The molecule has 208 valence electrons. The molecule has 0 saturated heterocycles. The van der Waals surface area contributed by atoms with Crippen molar-refractivity contribution in [2.24, 2.45) is 0 Å². The predicted octanol–water partition coefficient (Wildman–Crippen LogP) is 5.15. The summed E-state index contributed by atoms with van der Waals surface area (Å²) >= 11 is 5.95. The van der Waals surface area contributed by atoms with E-state index in [1.54, 1.807) is 6.07 Å². The monoisotopic (exact) mass is 577 g/mol. The maximum absolute atomic E-state index is 13.9. The standard InChI is InChI=1S/C28H30ClF2N3O4S/c1-3-4-16-32-28(36)20(2)33(18-21-10-12-22(30)13-11-21)27(35)19-34(23-14-15-26(31)25(29)17-23)39(37,38)24-8-6-5-7-9-24/h5-15,17,20H,3-4,16,18-19H2,1-2H3,(H,32,36)/t20-/m0/s1. The summed E-state index contributed by atoms with van der Waals surface area (Å²) < 4.78 is 55.6. The second kappa shape index (κ2) is 13.5. The second-order valence-corrected chi connectivity index (χ2v) is 11.2. The van der Waals surface area contributed by atoms with Crippen LogP contribution in [0, 0.1) is 11.6 Å². The van der Waals surface area contributed by atoms with Crippen molar-refractivity contribution in [3.05, 3.63) is 95.0 Å². The number of nitrogens with one attached hydrogen (secondary N) is 1. The minimum absolute atomic E-state index is 0.0274. The van der Waals surface area contributed by atoms with Gasteiger partial charge in [0.15, 0.2) is 0 Å². The molecule has 0 saturated carbocycles. The minimum Gasteiger partial charge on any atom is -0.354 e. The van der Waals surface area contributed by atoms with E-state index in [0.717, 1.165) is 29.3 Å². The first-order valence-electron chi connectivity index (χ1n) is 12.4. The lowest BCUT2D eigenvalue weighted by Crippen LogP contribution is -2.51. The Morgan fingerprint density at radius 1 is 1.00 bits per heavy atom. The molecule has 3 aromatic rings. The van der Waals surface area contributed by atoms with E-state index < -0.39 is 46.1 Å². The van der Waals surface area contributed by atoms with Crippen molar-refractivity contribution in [1.29, 1.82) is 0 Å². The first kappa shape index (κ1) is 30.0. The Morgan fingerprint density at radius 3 is 2.28 bits per heavy atom. The lowest BCUT2D eigenvalue weighted by molar-refractivity contribution is -0.139. The topological polar surface area (TPSA) is 86.8 Å². The molecule has 3 aromatic carbocycles. The quantitative estimate of drug-likeness (QED) is 0.302. The second-order valence-electron chi connectivity index (χ2n) is 8.89. The summed E-state index contributed by atoms with van der Waals surface area (Å²) in [5.74, 6) is -2.33. The summed E-state index contributed by atoms with van der Waals surface area (Å²) in [5.41, 5.74) is 0.514. The zero-order valence-corrected chi connectivity index (χ0v) is 23.2. The highest BCUT2D eigenvalue weighted by atomic mass is 35.5. The number of benzene rings is 3. The third kappa shape index (κ3) is 7.77. The number of sulfonamides is 1. The van der Waals surface area contributed by atoms with Crippen molar-refractivity contribution in [1.82, 2.24) is 10.2 Å². The number of hydrogen-bond acceptors (Lipinski definition) is 4. The zero-order chi connectivity index (χ0) is 28.6. The molecule has 0 aliphatic carbocycles. The van der Waals surface area contributed by atoms with Crippen LogP contribution < -0.4 is 9.62 Å². The summed E-state index contributed by atoms with van der Waals surface area (Å²) in [6.45, 7) is 3.15. The molecule has 0 heterocycles. The van der Waals surface area contributed by atoms with Crippen LogP contribution in [0.4, 0.5) is 14.5 Å². The van der Waals surface area contributed by atoms with E-state index in [1.807, 2.05) is 6.92 Å². The van der Waals surface area contributed by atoms with Crippen LogP contribution in [0.1, 0.15) is 32.3 Å². The van der Waals surface area contributed by atoms with Crippen molar-refractivity contribution < 1.29 is 26.8 Å². The average molecular weight is 578 g/mol. The van der Waals surface area contributed by atoms with Crippen LogP contribution in [-0.4, -0.2) is 44.3 Å². The number of carbonyl (C=O) groups excluding carboxylic acids is 2. The predicted molar refractivity (Wildman–Crippen MR) is 147 cm³/mol. The molecule has 0 aliphatic heterocycles. The van der Waals surface area contributed by atoms with E-state index in [2.05, 4.69) is 5.32 Å². The van der Waals surface area contributed by atoms with Crippen molar-refractivity contribution >= 4 is 39.1 Å². The number of halogens is 3. The van der Waals surface area contributed by atoms with E-state index in [1.165, 1.54) is 66.4 Å². The van der Waals surface area contributed by atoms with Crippen LogP contribution in [0.3, 0.4) is 0 Å².